The number of hydrogen-bond donors (Lipinski definition) is 1. The molecule has 0 saturated carbocycles. The van der Waals surface area contributed by atoms with E-state index in [4.69, 9.17) is 11.6 Å². The Balaban J connectivity index is 2.22. The van der Waals surface area contributed by atoms with Crippen LogP contribution in [-0.2, 0) is 6.54 Å². The van der Waals surface area contributed by atoms with Gasteiger partial charge in [0, 0.05) is 5.02 Å². The molecule has 5 heteroatoms. The Bertz CT molecular complexity index is 521. The Labute approximate surface area is 112 Å². The van der Waals surface area contributed by atoms with Gasteiger partial charge in [-0.15, -0.1) is 0 Å². The topological polar surface area (TPSA) is 42.7 Å². The van der Waals surface area contributed by atoms with E-state index in [9.17, 15) is 0 Å². The Morgan fingerprint density at radius 2 is 2.22 bits per heavy atom. The SMILES string of the molecule is CCCNCc1ncnn1-c1ccc(C)c(Cl)c1. The maximum Gasteiger partial charge on any atom is 0.146 e. The molecule has 0 radical (unpaired) electrons. The monoisotopic (exact) mass is 264 g/mol. The number of rotatable bonds is 5. The molecule has 2 aromatic rings. The first-order valence-electron chi connectivity index (χ1n) is 6.08. The van der Waals surface area contributed by atoms with Gasteiger partial charge in [-0.25, -0.2) is 9.67 Å². The minimum Gasteiger partial charge on any atom is -0.310 e. The van der Waals surface area contributed by atoms with Crippen LogP contribution in [-0.4, -0.2) is 21.3 Å². The number of hydrogen-bond acceptors (Lipinski definition) is 3. The summed E-state index contributed by atoms with van der Waals surface area (Å²) in [4.78, 5) is 4.26. The van der Waals surface area contributed by atoms with Crippen LogP contribution in [0.25, 0.3) is 5.69 Å². The van der Waals surface area contributed by atoms with Crippen molar-refractivity contribution in [2.45, 2.75) is 26.8 Å². The molecule has 1 N–H and O–H groups in total. The maximum absolute atomic E-state index is 6.13. The van der Waals surface area contributed by atoms with Crippen molar-refractivity contribution in [3.05, 3.63) is 40.9 Å². The second-order valence-electron chi connectivity index (χ2n) is 4.20. The summed E-state index contributed by atoms with van der Waals surface area (Å²) in [6.07, 6.45) is 2.67. The number of nitrogens with zero attached hydrogens (tertiary/aromatic N) is 3. The van der Waals surface area contributed by atoms with Gasteiger partial charge in [-0.05, 0) is 37.6 Å². The second kappa shape index (κ2) is 5.98. The van der Waals surface area contributed by atoms with E-state index in [1.54, 1.807) is 6.33 Å². The summed E-state index contributed by atoms with van der Waals surface area (Å²) in [5.74, 6) is 0.892. The van der Waals surface area contributed by atoms with Gasteiger partial charge in [0.25, 0.3) is 0 Å². The average molecular weight is 265 g/mol. The number of aryl methyl sites for hydroxylation is 1. The van der Waals surface area contributed by atoms with Crippen LogP contribution >= 0.6 is 11.6 Å². The Morgan fingerprint density at radius 3 is 2.94 bits per heavy atom. The molecule has 0 unspecified atom stereocenters. The van der Waals surface area contributed by atoms with Gasteiger partial charge < -0.3 is 5.32 Å². The highest BCUT2D eigenvalue weighted by Crippen LogP contribution is 2.19. The highest BCUT2D eigenvalue weighted by atomic mass is 35.5. The van der Waals surface area contributed by atoms with Crippen LogP contribution in [0.15, 0.2) is 24.5 Å². The standard InChI is InChI=1S/C13H17ClN4/c1-3-6-15-8-13-16-9-17-18(13)11-5-4-10(2)12(14)7-11/h4-5,7,9,15H,3,6,8H2,1-2H3. The summed E-state index contributed by atoms with van der Waals surface area (Å²) in [6.45, 7) is 5.80. The molecule has 0 atom stereocenters. The van der Waals surface area contributed by atoms with Gasteiger partial charge in [-0.2, -0.15) is 5.10 Å². The molecule has 96 valence electrons. The van der Waals surface area contributed by atoms with Crippen molar-refractivity contribution in [2.75, 3.05) is 6.54 Å². The van der Waals surface area contributed by atoms with Crippen molar-refractivity contribution in [1.29, 1.82) is 0 Å². The molecule has 0 aliphatic rings. The fourth-order valence-electron chi connectivity index (χ4n) is 1.69. The van der Waals surface area contributed by atoms with E-state index in [1.807, 2.05) is 29.8 Å². The van der Waals surface area contributed by atoms with Crippen LogP contribution in [0, 0.1) is 6.92 Å². The highest BCUT2D eigenvalue weighted by molar-refractivity contribution is 6.31. The van der Waals surface area contributed by atoms with E-state index >= 15 is 0 Å². The molecule has 4 nitrogen and oxygen atoms in total. The summed E-state index contributed by atoms with van der Waals surface area (Å²) >= 11 is 6.13. The first-order chi connectivity index (χ1) is 8.72. The summed E-state index contributed by atoms with van der Waals surface area (Å²) in [6, 6.07) is 5.90. The third-order valence-electron chi connectivity index (χ3n) is 2.73. The van der Waals surface area contributed by atoms with Gasteiger partial charge in [0.05, 0.1) is 12.2 Å². The lowest BCUT2D eigenvalue weighted by atomic mass is 10.2. The third-order valence-corrected chi connectivity index (χ3v) is 3.14. The predicted molar refractivity (Wildman–Crippen MR) is 73.1 cm³/mol. The highest BCUT2D eigenvalue weighted by Gasteiger charge is 2.07. The van der Waals surface area contributed by atoms with E-state index in [-0.39, 0.29) is 0 Å². The molecule has 1 heterocycles. The van der Waals surface area contributed by atoms with Crippen molar-refractivity contribution in [3.8, 4) is 5.69 Å². The van der Waals surface area contributed by atoms with Crippen molar-refractivity contribution < 1.29 is 0 Å². The van der Waals surface area contributed by atoms with Crippen LogP contribution < -0.4 is 5.32 Å². The van der Waals surface area contributed by atoms with Crippen LogP contribution in [0.3, 0.4) is 0 Å². The number of aromatic nitrogens is 3. The van der Waals surface area contributed by atoms with Gasteiger partial charge in [0.2, 0.25) is 0 Å². The van der Waals surface area contributed by atoms with Crippen molar-refractivity contribution in [1.82, 2.24) is 20.1 Å². The lowest BCUT2D eigenvalue weighted by molar-refractivity contribution is 0.633. The Hall–Kier alpha value is -1.39. The number of halogens is 1. The van der Waals surface area contributed by atoms with Crippen LogP contribution in [0.4, 0.5) is 0 Å². The van der Waals surface area contributed by atoms with E-state index in [0.717, 1.165) is 35.1 Å². The zero-order valence-corrected chi connectivity index (χ0v) is 11.4. The van der Waals surface area contributed by atoms with E-state index in [0.29, 0.717) is 6.54 Å². The maximum atomic E-state index is 6.13. The third kappa shape index (κ3) is 2.89. The van der Waals surface area contributed by atoms with Crippen molar-refractivity contribution in [2.24, 2.45) is 0 Å². The van der Waals surface area contributed by atoms with Gasteiger partial charge >= 0.3 is 0 Å². The summed E-state index contributed by atoms with van der Waals surface area (Å²) in [5.41, 5.74) is 2.00. The summed E-state index contributed by atoms with van der Waals surface area (Å²) < 4.78 is 1.81. The van der Waals surface area contributed by atoms with Crippen molar-refractivity contribution >= 4 is 11.6 Å². The molecule has 1 aromatic heterocycles. The van der Waals surface area contributed by atoms with E-state index < -0.39 is 0 Å². The normalized spacial score (nSPS) is 10.8. The smallest absolute Gasteiger partial charge is 0.146 e. The fourth-order valence-corrected chi connectivity index (χ4v) is 1.87. The second-order valence-corrected chi connectivity index (χ2v) is 4.61. The van der Waals surface area contributed by atoms with Gasteiger partial charge in [0.15, 0.2) is 0 Å². The molecule has 0 fully saturated rings. The lowest BCUT2D eigenvalue weighted by Gasteiger charge is -2.08. The molecule has 18 heavy (non-hydrogen) atoms. The van der Waals surface area contributed by atoms with E-state index in [2.05, 4.69) is 22.3 Å². The quantitative estimate of drug-likeness (QED) is 0.845. The zero-order valence-electron chi connectivity index (χ0n) is 10.7. The Kier molecular flexibility index (Phi) is 4.33. The molecular formula is C13H17ClN4. The van der Waals surface area contributed by atoms with Gasteiger partial charge in [-0.1, -0.05) is 24.6 Å². The number of benzene rings is 1. The zero-order chi connectivity index (χ0) is 13.0. The molecular weight excluding hydrogens is 248 g/mol. The van der Waals surface area contributed by atoms with Crippen LogP contribution in [0.5, 0.6) is 0 Å². The first-order valence-corrected chi connectivity index (χ1v) is 6.46. The fraction of sp³-hybridized carbons (Fsp3) is 0.385. The largest absolute Gasteiger partial charge is 0.310 e. The molecule has 0 aliphatic heterocycles. The molecule has 0 spiro atoms. The molecule has 0 saturated heterocycles. The molecule has 1 aromatic carbocycles. The summed E-state index contributed by atoms with van der Waals surface area (Å²) in [7, 11) is 0. The summed E-state index contributed by atoms with van der Waals surface area (Å²) in [5, 5.41) is 8.31. The van der Waals surface area contributed by atoms with Gasteiger partial charge in [-0.3, -0.25) is 0 Å². The minimum atomic E-state index is 0.708. The minimum absolute atomic E-state index is 0.708. The number of nitrogens with one attached hydrogen (secondary N) is 1. The van der Waals surface area contributed by atoms with Gasteiger partial charge in [0.1, 0.15) is 12.2 Å². The average Bonchev–Trinajstić information content (AvgIpc) is 2.81. The molecule has 0 aliphatic carbocycles. The Morgan fingerprint density at radius 1 is 1.39 bits per heavy atom. The first kappa shape index (κ1) is 13.1. The van der Waals surface area contributed by atoms with Crippen LogP contribution in [0.2, 0.25) is 5.02 Å². The van der Waals surface area contributed by atoms with Crippen molar-refractivity contribution in [3.63, 3.8) is 0 Å². The molecule has 0 bridgehead atoms. The molecule has 0 amide bonds. The lowest BCUT2D eigenvalue weighted by Crippen LogP contribution is -2.17. The van der Waals surface area contributed by atoms with E-state index in [1.165, 1.54) is 0 Å². The molecule has 2 rings (SSSR count). The van der Waals surface area contributed by atoms with Crippen LogP contribution in [0.1, 0.15) is 24.7 Å². The predicted octanol–water partition coefficient (Wildman–Crippen LogP) is 2.73.